The van der Waals surface area contributed by atoms with Gasteiger partial charge in [0.15, 0.2) is 0 Å². The minimum absolute atomic E-state index is 0. The summed E-state index contributed by atoms with van der Waals surface area (Å²) in [6, 6.07) is 6.80. The fourth-order valence-electron chi connectivity index (χ4n) is 1.14. The zero-order valence-electron chi connectivity index (χ0n) is 9.82. The zero-order valence-corrected chi connectivity index (χ0v) is 9.82. The van der Waals surface area contributed by atoms with Crippen LogP contribution in [0.2, 0.25) is 0 Å². The Bertz CT molecular complexity index is 344. The molecule has 0 bridgehead atoms. The number of methoxy groups -OCH3 is 1. The third kappa shape index (κ3) is 4.71. The first-order valence-electron chi connectivity index (χ1n) is 4.70. The molecule has 1 N–H and O–H groups in total. The van der Waals surface area contributed by atoms with Gasteiger partial charge in [-0.05, 0) is 24.6 Å². The smallest absolute Gasteiger partial charge is 0.548 e. The molecule has 0 fully saturated rings. The second-order valence-corrected chi connectivity index (χ2v) is 3.27. The van der Waals surface area contributed by atoms with Gasteiger partial charge in [-0.25, -0.2) is 0 Å². The van der Waals surface area contributed by atoms with Gasteiger partial charge < -0.3 is 20.0 Å². The molecular weight excluding hydrogens is 201 g/mol. The Hall–Kier alpha value is -0.953. The van der Waals surface area contributed by atoms with Gasteiger partial charge in [0.25, 0.3) is 0 Å². The predicted molar refractivity (Wildman–Crippen MR) is 54.3 cm³/mol. The van der Waals surface area contributed by atoms with Crippen molar-refractivity contribution in [2.24, 2.45) is 0 Å². The van der Waals surface area contributed by atoms with Gasteiger partial charge >= 0.3 is 18.9 Å². The van der Waals surface area contributed by atoms with Crippen molar-refractivity contribution in [3.05, 3.63) is 29.8 Å². The number of carboxylic acids is 1. The van der Waals surface area contributed by atoms with Crippen LogP contribution in [0.1, 0.15) is 12.5 Å². The number of benzene rings is 1. The van der Waals surface area contributed by atoms with Crippen LogP contribution in [-0.2, 0) is 11.3 Å². The minimum atomic E-state index is -1.10. The van der Waals surface area contributed by atoms with Crippen LogP contribution in [0.3, 0.4) is 0 Å². The summed E-state index contributed by atoms with van der Waals surface area (Å²) in [5.74, 6) is -0.340. The molecule has 82 valence electrons. The van der Waals surface area contributed by atoms with Crippen molar-refractivity contribution < 1.29 is 33.5 Å². The van der Waals surface area contributed by atoms with Crippen LogP contribution in [0, 0.1) is 0 Å². The molecule has 0 radical (unpaired) electrons. The molecule has 0 amide bonds. The van der Waals surface area contributed by atoms with E-state index in [4.69, 9.17) is 4.74 Å². The van der Waals surface area contributed by atoms with E-state index in [0.29, 0.717) is 6.54 Å². The van der Waals surface area contributed by atoms with Crippen molar-refractivity contribution >= 4 is 5.97 Å². The molecule has 1 aromatic rings. The molecule has 0 aliphatic carbocycles. The van der Waals surface area contributed by atoms with Crippen molar-refractivity contribution in [2.75, 3.05) is 7.11 Å². The van der Waals surface area contributed by atoms with Crippen molar-refractivity contribution in [2.45, 2.75) is 19.5 Å². The number of aliphatic carboxylic acids is 1. The number of carbonyl (C=O) groups is 1. The van der Waals surface area contributed by atoms with Crippen molar-refractivity contribution in [3.8, 4) is 5.75 Å². The van der Waals surface area contributed by atoms with E-state index < -0.39 is 12.0 Å². The third-order valence-electron chi connectivity index (χ3n) is 2.10. The van der Waals surface area contributed by atoms with E-state index >= 15 is 0 Å². The van der Waals surface area contributed by atoms with Crippen molar-refractivity contribution in [3.63, 3.8) is 0 Å². The maximum Gasteiger partial charge on any atom is 1.00 e. The third-order valence-corrected chi connectivity index (χ3v) is 2.10. The summed E-state index contributed by atoms with van der Waals surface area (Å²) >= 11 is 0. The summed E-state index contributed by atoms with van der Waals surface area (Å²) in [6.07, 6.45) is 0. The van der Waals surface area contributed by atoms with E-state index in [-0.39, 0.29) is 18.9 Å². The molecule has 0 aliphatic rings. The average Bonchev–Trinajstić information content (AvgIpc) is 2.26. The Labute approximate surface area is 107 Å². The first kappa shape index (κ1) is 15.0. The quantitative estimate of drug-likeness (QED) is 0.529. The van der Waals surface area contributed by atoms with Crippen LogP contribution >= 0.6 is 0 Å². The number of nitrogens with one attached hydrogen (secondary N) is 1. The Balaban J connectivity index is 0.00000225. The van der Waals surface area contributed by atoms with Gasteiger partial charge in [-0.15, -0.1) is 0 Å². The predicted octanol–water partition coefficient (Wildman–Crippen LogP) is -3.07. The normalized spacial score (nSPS) is 11.4. The summed E-state index contributed by atoms with van der Waals surface area (Å²) in [5.41, 5.74) is 0.974. The van der Waals surface area contributed by atoms with Gasteiger partial charge in [0.05, 0.1) is 13.1 Å². The van der Waals surface area contributed by atoms with Gasteiger partial charge in [-0.1, -0.05) is 12.1 Å². The Morgan fingerprint density at radius 1 is 1.56 bits per heavy atom. The minimum Gasteiger partial charge on any atom is -0.548 e. The van der Waals surface area contributed by atoms with Crippen LogP contribution in [0.5, 0.6) is 5.75 Å². The van der Waals surface area contributed by atoms with E-state index in [1.165, 1.54) is 0 Å². The number of hydrogen-bond donors (Lipinski definition) is 1. The van der Waals surface area contributed by atoms with Crippen LogP contribution in [-0.4, -0.2) is 19.1 Å². The van der Waals surface area contributed by atoms with Gasteiger partial charge in [-0.3, -0.25) is 0 Å². The second-order valence-electron chi connectivity index (χ2n) is 3.27. The Kier molecular flexibility index (Phi) is 6.90. The van der Waals surface area contributed by atoms with Crippen LogP contribution < -0.4 is 34.0 Å². The van der Waals surface area contributed by atoms with E-state index in [1.807, 2.05) is 24.3 Å². The van der Waals surface area contributed by atoms with Gasteiger partial charge in [0.1, 0.15) is 5.75 Å². The molecular formula is C11H14LiNO3. The molecule has 0 aromatic heterocycles. The number of carbonyl (C=O) groups excluding carboxylic acids is 1. The van der Waals surface area contributed by atoms with Crippen LogP contribution in [0.15, 0.2) is 24.3 Å². The number of hydrogen-bond acceptors (Lipinski definition) is 4. The molecule has 1 rings (SSSR count). The summed E-state index contributed by atoms with van der Waals surface area (Å²) < 4.78 is 5.05. The Morgan fingerprint density at radius 2 is 2.25 bits per heavy atom. The van der Waals surface area contributed by atoms with Crippen LogP contribution in [0.25, 0.3) is 0 Å². The van der Waals surface area contributed by atoms with Crippen molar-refractivity contribution in [1.82, 2.24) is 5.32 Å². The van der Waals surface area contributed by atoms with E-state index in [2.05, 4.69) is 5.32 Å². The second kappa shape index (κ2) is 7.34. The molecule has 1 atom stereocenters. The van der Waals surface area contributed by atoms with E-state index in [9.17, 15) is 9.90 Å². The topological polar surface area (TPSA) is 61.4 Å². The molecule has 0 unspecified atom stereocenters. The molecule has 0 spiro atoms. The molecule has 1 aromatic carbocycles. The molecule has 0 aliphatic heterocycles. The molecule has 0 saturated heterocycles. The van der Waals surface area contributed by atoms with Gasteiger partial charge in [0, 0.05) is 12.6 Å². The maximum atomic E-state index is 10.4. The molecule has 0 heterocycles. The first-order chi connectivity index (χ1) is 7.13. The number of carboxylic acid groups (broad SMARTS) is 1. The zero-order chi connectivity index (χ0) is 11.3. The van der Waals surface area contributed by atoms with Gasteiger partial charge in [-0.2, -0.15) is 0 Å². The first-order valence-corrected chi connectivity index (χ1v) is 4.70. The monoisotopic (exact) mass is 215 g/mol. The summed E-state index contributed by atoms with van der Waals surface area (Å²) in [4.78, 5) is 10.4. The van der Waals surface area contributed by atoms with E-state index in [1.54, 1.807) is 14.0 Å². The maximum absolute atomic E-state index is 10.4. The van der Waals surface area contributed by atoms with E-state index in [0.717, 1.165) is 11.3 Å². The SMILES string of the molecule is COc1cccc(CN[C@@H](C)C(=O)[O-])c1.[Li+]. The average molecular weight is 215 g/mol. The van der Waals surface area contributed by atoms with Crippen LogP contribution in [0.4, 0.5) is 0 Å². The summed E-state index contributed by atoms with van der Waals surface area (Å²) in [7, 11) is 1.59. The fraction of sp³-hybridized carbons (Fsp3) is 0.364. The standard InChI is InChI=1S/C11H15NO3.Li/c1-8(11(13)14)12-7-9-4-3-5-10(6-9)15-2;/h3-6,8,12H,7H2,1-2H3,(H,13,14);/q;+1/p-1/t8-;/m0./s1. The number of ether oxygens (including phenoxy) is 1. The largest absolute Gasteiger partial charge is 1.00 e. The number of rotatable bonds is 5. The molecule has 5 heteroatoms. The fourth-order valence-corrected chi connectivity index (χ4v) is 1.14. The molecule has 16 heavy (non-hydrogen) atoms. The molecule has 0 saturated carbocycles. The summed E-state index contributed by atoms with van der Waals surface area (Å²) in [5, 5.41) is 13.3. The Morgan fingerprint density at radius 3 is 2.81 bits per heavy atom. The van der Waals surface area contributed by atoms with Crippen molar-refractivity contribution in [1.29, 1.82) is 0 Å². The molecule has 4 nitrogen and oxygen atoms in total. The van der Waals surface area contributed by atoms with Gasteiger partial charge in [0.2, 0.25) is 0 Å². The summed E-state index contributed by atoms with van der Waals surface area (Å²) in [6.45, 7) is 2.03.